The Balaban J connectivity index is 1.45. The number of phenols is 1. The van der Waals surface area contributed by atoms with E-state index in [1.807, 2.05) is 12.1 Å². The standard InChI is InChI=1S/C29H33F3N2O3/c30-29(31,32)37-25(15-20-7-2-1-3-8-20)27(36)33-26-17-28(22-10-6-11-24(35)16-22)14-5-4-9-23(28)19-34(26)18-21-12-13-21/h1-3,6-8,10-11,15-16,21,23,26,35H,4-5,9,12-14,17-19H2,(H,33,36)/t23?,26-,28-/m0/s1. The zero-order chi connectivity index (χ0) is 26.0. The molecule has 37 heavy (non-hydrogen) atoms. The number of hydrogen-bond acceptors (Lipinski definition) is 4. The lowest BCUT2D eigenvalue weighted by atomic mass is 9.58. The lowest BCUT2D eigenvalue weighted by Crippen LogP contribution is -2.61. The highest BCUT2D eigenvalue weighted by Crippen LogP contribution is 2.51. The summed E-state index contributed by atoms with van der Waals surface area (Å²) in [6, 6.07) is 15.7. The lowest BCUT2D eigenvalue weighted by molar-refractivity contribution is -0.304. The molecule has 0 radical (unpaired) electrons. The summed E-state index contributed by atoms with van der Waals surface area (Å²) in [6.45, 7) is 1.57. The smallest absolute Gasteiger partial charge is 0.508 e. The Kier molecular flexibility index (Phi) is 7.21. The van der Waals surface area contributed by atoms with Crippen molar-refractivity contribution in [2.75, 3.05) is 13.1 Å². The predicted octanol–water partition coefficient (Wildman–Crippen LogP) is 5.96. The average molecular weight is 515 g/mol. The Morgan fingerprint density at radius 1 is 1.11 bits per heavy atom. The van der Waals surface area contributed by atoms with Crippen LogP contribution in [0.25, 0.3) is 6.08 Å². The molecular weight excluding hydrogens is 481 g/mol. The van der Waals surface area contributed by atoms with E-state index in [9.17, 15) is 23.1 Å². The molecule has 2 aromatic carbocycles. The number of phenolic OH excluding ortho intramolecular Hbond substituents is 1. The van der Waals surface area contributed by atoms with Gasteiger partial charge in [0.1, 0.15) is 5.75 Å². The van der Waals surface area contributed by atoms with E-state index in [4.69, 9.17) is 0 Å². The molecule has 1 saturated heterocycles. The van der Waals surface area contributed by atoms with Crippen molar-refractivity contribution in [1.29, 1.82) is 0 Å². The molecule has 2 aromatic rings. The maximum absolute atomic E-state index is 13.3. The molecule has 0 spiro atoms. The van der Waals surface area contributed by atoms with Gasteiger partial charge in [0.05, 0.1) is 6.17 Å². The molecule has 3 atom stereocenters. The number of benzene rings is 2. The van der Waals surface area contributed by atoms with Crippen LogP contribution in [0.3, 0.4) is 0 Å². The Hall–Kier alpha value is -3.00. The number of amides is 1. The molecule has 198 valence electrons. The SMILES string of the molecule is O=C(N[C@@H]1C[C@]2(c3cccc(O)c3)CCCCC2CN1CC1CC1)C(=Cc1ccccc1)OC(F)(F)F. The summed E-state index contributed by atoms with van der Waals surface area (Å²) >= 11 is 0. The zero-order valence-corrected chi connectivity index (χ0v) is 20.7. The molecule has 0 bridgehead atoms. The van der Waals surface area contributed by atoms with Crippen molar-refractivity contribution < 1.29 is 27.8 Å². The van der Waals surface area contributed by atoms with Crippen LogP contribution < -0.4 is 5.32 Å². The topological polar surface area (TPSA) is 61.8 Å². The second-order valence-corrected chi connectivity index (χ2v) is 10.7. The van der Waals surface area contributed by atoms with Crippen molar-refractivity contribution in [1.82, 2.24) is 10.2 Å². The molecule has 5 rings (SSSR count). The molecule has 1 unspecified atom stereocenters. The maximum Gasteiger partial charge on any atom is 0.573 e. The highest BCUT2D eigenvalue weighted by atomic mass is 19.4. The van der Waals surface area contributed by atoms with Gasteiger partial charge in [-0.1, -0.05) is 55.3 Å². The number of fused-ring (bicyclic) bond motifs is 1. The number of carbonyl (C=O) groups excluding carboxylic acids is 1. The second-order valence-electron chi connectivity index (χ2n) is 10.7. The van der Waals surface area contributed by atoms with E-state index in [1.165, 1.54) is 0 Å². The van der Waals surface area contributed by atoms with Crippen LogP contribution in [0.1, 0.15) is 56.1 Å². The van der Waals surface area contributed by atoms with Crippen LogP contribution in [0.15, 0.2) is 60.4 Å². The number of hydrogen-bond donors (Lipinski definition) is 2. The van der Waals surface area contributed by atoms with E-state index in [0.29, 0.717) is 23.8 Å². The first-order valence-electron chi connectivity index (χ1n) is 13.1. The number of likely N-dealkylation sites (tertiary alicyclic amines) is 1. The van der Waals surface area contributed by atoms with Crippen molar-refractivity contribution in [3.8, 4) is 5.75 Å². The Morgan fingerprint density at radius 3 is 2.59 bits per heavy atom. The molecule has 8 heteroatoms. The Labute approximate surface area is 215 Å². The lowest BCUT2D eigenvalue weighted by Gasteiger charge is -2.54. The second kappa shape index (κ2) is 10.4. The fraction of sp³-hybridized carbons (Fsp3) is 0.483. The number of piperidine rings is 1. The van der Waals surface area contributed by atoms with Crippen LogP contribution in [0, 0.1) is 11.8 Å². The number of alkyl halides is 3. The quantitative estimate of drug-likeness (QED) is 0.354. The van der Waals surface area contributed by atoms with E-state index in [-0.39, 0.29) is 11.2 Å². The summed E-state index contributed by atoms with van der Waals surface area (Å²) in [5.41, 5.74) is 1.22. The fourth-order valence-electron chi connectivity index (χ4n) is 6.21. The van der Waals surface area contributed by atoms with E-state index < -0.39 is 24.2 Å². The van der Waals surface area contributed by atoms with E-state index in [2.05, 4.69) is 15.0 Å². The average Bonchev–Trinajstić information content (AvgIpc) is 3.68. The van der Waals surface area contributed by atoms with Gasteiger partial charge in [-0.15, -0.1) is 13.2 Å². The van der Waals surface area contributed by atoms with Crippen molar-refractivity contribution >= 4 is 12.0 Å². The van der Waals surface area contributed by atoms with E-state index in [0.717, 1.165) is 63.3 Å². The molecule has 2 saturated carbocycles. The van der Waals surface area contributed by atoms with Crippen molar-refractivity contribution in [3.63, 3.8) is 0 Å². The van der Waals surface area contributed by atoms with Crippen molar-refractivity contribution in [3.05, 3.63) is 71.5 Å². The monoisotopic (exact) mass is 514 g/mol. The number of rotatable bonds is 7. The van der Waals surface area contributed by atoms with Gasteiger partial charge in [-0.2, -0.15) is 0 Å². The molecular formula is C29H33F3N2O3. The summed E-state index contributed by atoms with van der Waals surface area (Å²) in [5.74, 6) is -0.555. The summed E-state index contributed by atoms with van der Waals surface area (Å²) in [5, 5.41) is 13.2. The maximum atomic E-state index is 13.3. The first-order chi connectivity index (χ1) is 17.7. The fourth-order valence-corrected chi connectivity index (χ4v) is 6.21. The van der Waals surface area contributed by atoms with Crippen LogP contribution in [-0.4, -0.2) is 41.5 Å². The molecule has 2 aliphatic carbocycles. The van der Waals surface area contributed by atoms with Crippen molar-refractivity contribution in [2.45, 2.75) is 62.9 Å². The number of nitrogens with one attached hydrogen (secondary N) is 1. The predicted molar refractivity (Wildman–Crippen MR) is 134 cm³/mol. The van der Waals surface area contributed by atoms with Crippen LogP contribution >= 0.6 is 0 Å². The minimum atomic E-state index is -4.99. The normalized spacial score (nSPS) is 26.8. The third-order valence-corrected chi connectivity index (χ3v) is 8.12. The van der Waals surface area contributed by atoms with Crippen molar-refractivity contribution in [2.24, 2.45) is 11.8 Å². The van der Waals surface area contributed by atoms with Crippen LogP contribution in [-0.2, 0) is 14.9 Å². The third-order valence-electron chi connectivity index (χ3n) is 8.12. The minimum Gasteiger partial charge on any atom is -0.508 e. The molecule has 2 N–H and O–H groups in total. The highest BCUT2D eigenvalue weighted by Gasteiger charge is 2.50. The molecule has 1 heterocycles. The summed E-state index contributed by atoms with van der Waals surface area (Å²) in [7, 11) is 0. The summed E-state index contributed by atoms with van der Waals surface area (Å²) in [6.07, 6.45) is 2.66. The number of halogens is 3. The summed E-state index contributed by atoms with van der Waals surface area (Å²) < 4.78 is 44.0. The van der Waals surface area contributed by atoms with Crippen LogP contribution in [0.5, 0.6) is 5.75 Å². The molecule has 3 fully saturated rings. The Morgan fingerprint density at radius 2 is 1.89 bits per heavy atom. The van der Waals surface area contributed by atoms with Gasteiger partial charge in [-0.25, -0.2) is 0 Å². The molecule has 1 aliphatic heterocycles. The Bertz CT molecular complexity index is 1130. The summed E-state index contributed by atoms with van der Waals surface area (Å²) in [4.78, 5) is 15.6. The zero-order valence-electron chi connectivity index (χ0n) is 20.7. The molecule has 3 aliphatic rings. The number of nitrogens with zero attached hydrogens (tertiary/aromatic N) is 1. The number of aromatic hydroxyl groups is 1. The first-order valence-corrected chi connectivity index (χ1v) is 13.1. The van der Waals surface area contributed by atoms with Crippen LogP contribution in [0.4, 0.5) is 13.2 Å². The third kappa shape index (κ3) is 6.12. The number of ether oxygens (including phenoxy) is 1. The van der Waals surface area contributed by atoms with Gasteiger partial charge >= 0.3 is 6.36 Å². The first kappa shape index (κ1) is 25.6. The van der Waals surface area contributed by atoms with E-state index in [1.54, 1.807) is 42.5 Å². The molecule has 0 aromatic heterocycles. The van der Waals surface area contributed by atoms with Crippen LogP contribution in [0.2, 0.25) is 0 Å². The van der Waals surface area contributed by atoms with E-state index >= 15 is 0 Å². The van der Waals surface area contributed by atoms with Gasteiger partial charge in [0.25, 0.3) is 5.91 Å². The van der Waals surface area contributed by atoms with Gasteiger partial charge in [-0.3, -0.25) is 9.69 Å². The van der Waals surface area contributed by atoms with Gasteiger partial charge in [-0.05, 0) is 73.3 Å². The van der Waals surface area contributed by atoms with Gasteiger partial charge < -0.3 is 15.2 Å². The molecule has 1 amide bonds. The van der Waals surface area contributed by atoms with Gasteiger partial charge in [0, 0.05) is 18.5 Å². The number of carbonyl (C=O) groups is 1. The van der Waals surface area contributed by atoms with Gasteiger partial charge in [0.15, 0.2) is 5.76 Å². The van der Waals surface area contributed by atoms with Gasteiger partial charge in [0.2, 0.25) is 0 Å². The highest BCUT2D eigenvalue weighted by molar-refractivity contribution is 5.96. The largest absolute Gasteiger partial charge is 0.573 e. The molecule has 5 nitrogen and oxygen atoms in total. The minimum absolute atomic E-state index is 0.198.